The fourth-order valence-corrected chi connectivity index (χ4v) is 8.22. The zero-order chi connectivity index (χ0) is 40.2. The van der Waals surface area contributed by atoms with Gasteiger partial charge in [0.25, 0.3) is 0 Å². The number of H-pyrrole nitrogens is 2. The molecule has 0 bridgehead atoms. The van der Waals surface area contributed by atoms with Crippen molar-refractivity contribution in [3.8, 4) is 17.0 Å². The lowest BCUT2D eigenvalue weighted by Crippen LogP contribution is -2.12. The molecule has 10 heteroatoms. The molecule has 0 unspecified atom stereocenters. The first kappa shape index (κ1) is 38.9. The molecule has 2 heterocycles. The number of carbonyl (C=O) groups excluding carboxylic acids is 2. The van der Waals surface area contributed by atoms with E-state index in [1.807, 2.05) is 60.7 Å². The van der Waals surface area contributed by atoms with E-state index in [0.29, 0.717) is 67.2 Å². The highest BCUT2D eigenvalue weighted by molar-refractivity contribution is 6.32. The summed E-state index contributed by atoms with van der Waals surface area (Å²) in [7, 11) is 0. The molecule has 0 saturated heterocycles. The molecule has 294 valence electrons. The quantitative estimate of drug-likeness (QED) is 0.0795. The molecule has 2 aromatic heterocycles. The monoisotopic (exact) mass is 797 g/mol. The van der Waals surface area contributed by atoms with Crippen molar-refractivity contribution in [1.29, 1.82) is 0 Å². The number of ketones is 2. The van der Waals surface area contributed by atoms with Gasteiger partial charge < -0.3 is 14.5 Å². The summed E-state index contributed by atoms with van der Waals surface area (Å²) in [6.45, 7) is 2.92. The van der Waals surface area contributed by atoms with E-state index in [4.69, 9.17) is 21.1 Å². The van der Waals surface area contributed by atoms with Crippen molar-refractivity contribution in [2.75, 3.05) is 19.8 Å². The second-order valence-corrected chi connectivity index (χ2v) is 15.1. The zero-order valence-corrected chi connectivity index (χ0v) is 32.9. The minimum atomic E-state index is -0.418. The van der Waals surface area contributed by atoms with Crippen LogP contribution in [0.15, 0.2) is 103 Å². The van der Waals surface area contributed by atoms with Crippen molar-refractivity contribution >= 4 is 56.1 Å². The van der Waals surface area contributed by atoms with Crippen LogP contribution in [0.1, 0.15) is 77.2 Å². The number of nitrogens with zero attached hydrogens (tertiary/aromatic N) is 1. The van der Waals surface area contributed by atoms with Crippen LogP contribution in [0.5, 0.6) is 5.75 Å². The smallest absolute Gasteiger partial charge is 0.163 e. The highest BCUT2D eigenvalue weighted by atomic mass is 35.5. The Morgan fingerprint density at radius 3 is 2.47 bits per heavy atom. The number of fused-ring (bicyclic) bond motifs is 1. The lowest BCUT2D eigenvalue weighted by Gasteiger charge is -2.18. The highest BCUT2D eigenvalue weighted by Gasteiger charge is 2.24. The van der Waals surface area contributed by atoms with Crippen LogP contribution < -0.4 is 4.74 Å². The number of ether oxygens (including phenoxy) is 2. The summed E-state index contributed by atoms with van der Waals surface area (Å²) in [5, 5.41) is 9.34. The van der Waals surface area contributed by atoms with Gasteiger partial charge in [-0.1, -0.05) is 67.1 Å². The van der Waals surface area contributed by atoms with Crippen LogP contribution in [0.4, 0.5) is 8.78 Å². The van der Waals surface area contributed by atoms with Gasteiger partial charge in [0.15, 0.2) is 11.6 Å². The molecular formula is C48H42ClF2N3O4. The van der Waals surface area contributed by atoms with Gasteiger partial charge >= 0.3 is 0 Å². The average Bonchev–Trinajstić information content (AvgIpc) is 3.81. The van der Waals surface area contributed by atoms with E-state index in [0.717, 1.165) is 79.4 Å². The Hall–Kier alpha value is -5.90. The maximum absolute atomic E-state index is 14.3. The standard InChI is InChI=1S/C48H42ClF2N3O4/c1-2-38(39-19-15-34(50)25-42(39)49)46(32-14-20-43-33(23-32)27-52-54-43)30-12-17-37(18-13-30)58-22-4-21-57-28-36(55)16-9-29-7-10-31(11-8-29)48-40-5-3-6-45(56)41-24-35(51)26-44(53-48)47(40)41/h7-8,10-15,17-20,23-27,53H,2-6,9,16,21-22,28H2,1H3,(H,52,54)/b46-38+. The normalized spacial score (nSPS) is 13.2. The molecule has 58 heavy (non-hydrogen) atoms. The highest BCUT2D eigenvalue weighted by Crippen LogP contribution is 2.39. The van der Waals surface area contributed by atoms with Crippen molar-refractivity contribution in [2.45, 2.75) is 51.9 Å². The van der Waals surface area contributed by atoms with Gasteiger partial charge in [0.05, 0.1) is 29.9 Å². The molecule has 8 rings (SSSR count). The lowest BCUT2D eigenvalue weighted by molar-refractivity contribution is -0.123. The van der Waals surface area contributed by atoms with Gasteiger partial charge in [0, 0.05) is 46.8 Å². The molecule has 2 N–H and O–H groups in total. The summed E-state index contributed by atoms with van der Waals surface area (Å²) in [5.41, 5.74) is 10.7. The van der Waals surface area contributed by atoms with Crippen LogP contribution in [-0.2, 0) is 22.4 Å². The van der Waals surface area contributed by atoms with E-state index >= 15 is 0 Å². The van der Waals surface area contributed by atoms with Gasteiger partial charge in [-0.3, -0.25) is 14.7 Å². The minimum Gasteiger partial charge on any atom is -0.494 e. The number of allylic oxidation sites excluding steroid dienone is 1. The van der Waals surface area contributed by atoms with Gasteiger partial charge in [0.2, 0.25) is 0 Å². The minimum absolute atomic E-state index is 0.0182. The Morgan fingerprint density at radius 1 is 0.862 bits per heavy atom. The van der Waals surface area contributed by atoms with Gasteiger partial charge in [-0.05, 0) is 119 Å². The van der Waals surface area contributed by atoms with Crippen LogP contribution in [0.25, 0.3) is 44.2 Å². The number of aryl methyl sites for hydroxylation is 2. The number of carbonyl (C=O) groups is 2. The van der Waals surface area contributed by atoms with Gasteiger partial charge in [-0.15, -0.1) is 0 Å². The largest absolute Gasteiger partial charge is 0.494 e. The maximum atomic E-state index is 14.3. The third-order valence-electron chi connectivity index (χ3n) is 10.8. The lowest BCUT2D eigenvalue weighted by atomic mass is 9.87. The molecule has 0 atom stereocenters. The number of halogens is 3. The van der Waals surface area contributed by atoms with Crippen LogP contribution in [-0.4, -0.2) is 46.6 Å². The Morgan fingerprint density at radius 2 is 1.67 bits per heavy atom. The molecule has 1 aliphatic carbocycles. The third-order valence-corrected chi connectivity index (χ3v) is 11.1. The number of nitrogens with one attached hydrogen (secondary N) is 2. The van der Waals surface area contributed by atoms with Crippen LogP contribution in [0.3, 0.4) is 0 Å². The molecular weight excluding hydrogens is 756 g/mol. The fourth-order valence-electron chi connectivity index (χ4n) is 7.94. The number of aromatic amines is 2. The molecule has 0 aliphatic heterocycles. The summed E-state index contributed by atoms with van der Waals surface area (Å²) in [6.07, 6.45) is 5.92. The van der Waals surface area contributed by atoms with E-state index in [-0.39, 0.29) is 24.0 Å². The van der Waals surface area contributed by atoms with E-state index in [1.54, 1.807) is 12.3 Å². The summed E-state index contributed by atoms with van der Waals surface area (Å²) in [6, 6.07) is 29.4. The Kier molecular flexibility index (Phi) is 11.6. The van der Waals surface area contributed by atoms with Gasteiger partial charge in [0.1, 0.15) is 24.0 Å². The molecule has 7 aromatic rings. The predicted octanol–water partition coefficient (Wildman–Crippen LogP) is 11.5. The Balaban J connectivity index is 0.828. The van der Waals surface area contributed by atoms with Crippen LogP contribution in [0.2, 0.25) is 5.02 Å². The maximum Gasteiger partial charge on any atom is 0.163 e. The number of aromatic nitrogens is 3. The fraction of sp³-hybridized carbons (Fsp3) is 0.229. The third kappa shape index (κ3) is 8.37. The molecule has 5 aromatic carbocycles. The molecule has 7 nitrogen and oxygen atoms in total. The number of rotatable bonds is 15. The molecule has 1 aliphatic rings. The van der Waals surface area contributed by atoms with E-state index in [9.17, 15) is 18.4 Å². The summed E-state index contributed by atoms with van der Waals surface area (Å²) in [5.74, 6) is -0.0814. The number of hydrogen-bond donors (Lipinski definition) is 2. The Labute approximate surface area is 340 Å². The van der Waals surface area contributed by atoms with E-state index in [1.165, 1.54) is 24.3 Å². The Bertz CT molecular complexity index is 2660. The second-order valence-electron chi connectivity index (χ2n) is 14.6. The van der Waals surface area contributed by atoms with Gasteiger partial charge in [-0.2, -0.15) is 5.10 Å². The molecule has 0 saturated carbocycles. The number of Topliss-reactive ketones (excluding diaryl/α,β-unsaturated/α-hetero) is 2. The van der Waals surface area contributed by atoms with Crippen LogP contribution >= 0.6 is 11.6 Å². The van der Waals surface area contributed by atoms with Crippen molar-refractivity contribution in [3.05, 3.63) is 153 Å². The topological polar surface area (TPSA) is 97.1 Å². The molecule has 0 radical (unpaired) electrons. The van der Waals surface area contributed by atoms with E-state index < -0.39 is 5.82 Å². The molecule has 0 amide bonds. The second kappa shape index (κ2) is 17.3. The average molecular weight is 798 g/mol. The van der Waals surface area contributed by atoms with Gasteiger partial charge in [-0.25, -0.2) is 8.78 Å². The molecule has 0 spiro atoms. The SMILES string of the molecule is CC/C(=C(/c1ccc(OCCCOCC(=O)CCc2ccc(-c3[nH]c4cc(F)cc5c4c3CCCC5=O)cc2)cc1)c1ccc2[nH]ncc2c1)c1ccc(F)cc1Cl. The first-order valence-electron chi connectivity index (χ1n) is 19.7. The van der Waals surface area contributed by atoms with E-state index in [2.05, 4.69) is 28.2 Å². The first-order chi connectivity index (χ1) is 28.2. The van der Waals surface area contributed by atoms with Crippen molar-refractivity contribution in [3.63, 3.8) is 0 Å². The summed E-state index contributed by atoms with van der Waals surface area (Å²) in [4.78, 5) is 28.7. The number of benzene rings is 5. The zero-order valence-electron chi connectivity index (χ0n) is 32.1. The first-order valence-corrected chi connectivity index (χ1v) is 20.0. The summed E-state index contributed by atoms with van der Waals surface area (Å²) >= 11 is 6.58. The number of hydrogen-bond acceptors (Lipinski definition) is 5. The van der Waals surface area contributed by atoms with Crippen molar-refractivity contribution < 1.29 is 27.8 Å². The molecule has 0 fully saturated rings. The van der Waals surface area contributed by atoms with Crippen molar-refractivity contribution in [2.24, 2.45) is 0 Å². The van der Waals surface area contributed by atoms with Crippen LogP contribution in [0, 0.1) is 11.6 Å². The van der Waals surface area contributed by atoms with Crippen molar-refractivity contribution in [1.82, 2.24) is 15.2 Å². The summed E-state index contributed by atoms with van der Waals surface area (Å²) < 4.78 is 40.0. The predicted molar refractivity (Wildman–Crippen MR) is 225 cm³/mol.